The van der Waals surface area contributed by atoms with E-state index in [2.05, 4.69) is 15.6 Å². The molecule has 0 aliphatic heterocycles. The smallest absolute Gasteiger partial charge is 0.191 e. The van der Waals surface area contributed by atoms with Gasteiger partial charge in [0.1, 0.15) is 12.4 Å². The molecule has 2 aromatic carbocycles. The van der Waals surface area contributed by atoms with Crippen molar-refractivity contribution < 1.29 is 13.2 Å². The summed E-state index contributed by atoms with van der Waals surface area (Å²) in [6.07, 6.45) is 1.17. The predicted molar refractivity (Wildman–Crippen MR) is 114 cm³/mol. The Hall–Kier alpha value is -1.96. The average Bonchev–Trinajstić information content (AvgIpc) is 2.63. The van der Waals surface area contributed by atoms with Crippen LogP contribution in [0, 0.1) is 0 Å². The first-order valence-corrected chi connectivity index (χ1v) is 11.2. The predicted octanol–water partition coefficient (Wildman–Crippen LogP) is 3.70. The highest BCUT2D eigenvalue weighted by molar-refractivity contribution is 7.90. The quantitative estimate of drug-likeness (QED) is 0.387. The van der Waals surface area contributed by atoms with E-state index in [1.54, 1.807) is 31.3 Å². The number of hydrogen-bond donors (Lipinski definition) is 2. The molecule has 0 aliphatic rings. The molecule has 0 aromatic heterocycles. The van der Waals surface area contributed by atoms with Gasteiger partial charge in [0.05, 0.1) is 17.5 Å². The van der Waals surface area contributed by atoms with Crippen LogP contribution in [0.25, 0.3) is 0 Å². The normalized spacial score (nSPS) is 13.1. The Kier molecular flexibility index (Phi) is 7.98. The number of aliphatic imine (C=N–C) groups is 1. The zero-order valence-corrected chi connectivity index (χ0v) is 18.2. The molecule has 1 atom stereocenters. The van der Waals surface area contributed by atoms with E-state index in [4.69, 9.17) is 27.9 Å². The van der Waals surface area contributed by atoms with Gasteiger partial charge in [0, 0.05) is 23.3 Å². The third-order valence-electron chi connectivity index (χ3n) is 3.92. The Morgan fingerprint density at radius 2 is 1.86 bits per heavy atom. The number of hydrogen-bond acceptors (Lipinski definition) is 4. The molecular formula is C19H23Cl2N3O3S. The van der Waals surface area contributed by atoms with E-state index in [9.17, 15) is 8.42 Å². The SMILES string of the molecule is CN=C(NCCOc1ccc(S(C)(=O)=O)cc1)NC(C)c1ccc(Cl)cc1Cl. The maximum Gasteiger partial charge on any atom is 0.191 e. The molecule has 1 unspecified atom stereocenters. The van der Waals surface area contributed by atoms with Crippen LogP contribution in [0.1, 0.15) is 18.5 Å². The van der Waals surface area contributed by atoms with Gasteiger partial charge < -0.3 is 15.4 Å². The Morgan fingerprint density at radius 1 is 1.18 bits per heavy atom. The lowest BCUT2D eigenvalue weighted by atomic mass is 10.1. The largest absolute Gasteiger partial charge is 0.492 e. The van der Waals surface area contributed by atoms with Gasteiger partial charge in [-0.15, -0.1) is 0 Å². The van der Waals surface area contributed by atoms with Gasteiger partial charge in [-0.2, -0.15) is 0 Å². The van der Waals surface area contributed by atoms with E-state index in [1.165, 1.54) is 18.4 Å². The molecule has 0 spiro atoms. The van der Waals surface area contributed by atoms with E-state index in [0.717, 1.165) is 5.56 Å². The number of benzene rings is 2. The molecule has 9 heteroatoms. The highest BCUT2D eigenvalue weighted by Gasteiger charge is 2.12. The number of nitrogens with zero attached hydrogens (tertiary/aromatic N) is 1. The molecular weight excluding hydrogens is 421 g/mol. The Bertz CT molecular complexity index is 932. The van der Waals surface area contributed by atoms with Gasteiger partial charge in [0.15, 0.2) is 15.8 Å². The van der Waals surface area contributed by atoms with Gasteiger partial charge in [-0.3, -0.25) is 4.99 Å². The van der Waals surface area contributed by atoms with Crippen molar-refractivity contribution in [2.45, 2.75) is 17.9 Å². The van der Waals surface area contributed by atoms with Crippen LogP contribution in [0.3, 0.4) is 0 Å². The van der Waals surface area contributed by atoms with Crippen molar-refractivity contribution in [3.05, 3.63) is 58.1 Å². The maximum atomic E-state index is 11.5. The fourth-order valence-electron chi connectivity index (χ4n) is 2.45. The fourth-order valence-corrected chi connectivity index (χ4v) is 3.65. The van der Waals surface area contributed by atoms with Crippen LogP contribution >= 0.6 is 23.2 Å². The molecule has 0 radical (unpaired) electrons. The van der Waals surface area contributed by atoms with Crippen LogP contribution in [-0.2, 0) is 9.84 Å². The zero-order valence-electron chi connectivity index (χ0n) is 15.9. The molecule has 0 saturated carbocycles. The second kappa shape index (κ2) is 10.0. The molecule has 152 valence electrons. The topological polar surface area (TPSA) is 79.8 Å². The van der Waals surface area contributed by atoms with E-state index < -0.39 is 9.84 Å². The average molecular weight is 444 g/mol. The van der Waals surface area contributed by atoms with Crippen molar-refractivity contribution in [2.75, 3.05) is 26.5 Å². The number of halogens is 2. The molecule has 0 amide bonds. The molecule has 28 heavy (non-hydrogen) atoms. The van der Waals surface area contributed by atoms with E-state index in [-0.39, 0.29) is 10.9 Å². The molecule has 0 saturated heterocycles. The molecule has 2 aromatic rings. The molecule has 2 rings (SSSR count). The summed E-state index contributed by atoms with van der Waals surface area (Å²) in [5.41, 5.74) is 0.913. The van der Waals surface area contributed by atoms with Crippen LogP contribution in [0.15, 0.2) is 52.4 Å². The van der Waals surface area contributed by atoms with Crippen LogP contribution < -0.4 is 15.4 Å². The van der Waals surface area contributed by atoms with Crippen LogP contribution in [0.4, 0.5) is 0 Å². The second-order valence-electron chi connectivity index (χ2n) is 6.12. The monoisotopic (exact) mass is 443 g/mol. The van der Waals surface area contributed by atoms with Gasteiger partial charge in [0.25, 0.3) is 0 Å². The minimum atomic E-state index is -3.21. The summed E-state index contributed by atoms with van der Waals surface area (Å²) in [5, 5.41) is 7.59. The zero-order chi connectivity index (χ0) is 20.7. The van der Waals surface area contributed by atoms with Crippen molar-refractivity contribution in [3.63, 3.8) is 0 Å². The number of nitrogens with one attached hydrogen (secondary N) is 2. The first kappa shape index (κ1) is 22.3. The van der Waals surface area contributed by atoms with Gasteiger partial charge >= 0.3 is 0 Å². The highest BCUT2D eigenvalue weighted by Crippen LogP contribution is 2.26. The summed E-state index contributed by atoms with van der Waals surface area (Å²) in [4.78, 5) is 4.45. The highest BCUT2D eigenvalue weighted by atomic mass is 35.5. The molecule has 0 aliphatic carbocycles. The van der Waals surface area contributed by atoms with Gasteiger partial charge in [-0.05, 0) is 48.9 Å². The summed E-state index contributed by atoms with van der Waals surface area (Å²) < 4.78 is 28.5. The lowest BCUT2D eigenvalue weighted by Crippen LogP contribution is -2.40. The number of sulfone groups is 1. The third kappa shape index (κ3) is 6.58. The number of rotatable bonds is 7. The molecule has 6 nitrogen and oxygen atoms in total. The lowest BCUT2D eigenvalue weighted by Gasteiger charge is -2.19. The molecule has 0 fully saturated rings. The number of guanidine groups is 1. The Labute approximate surface area is 175 Å². The van der Waals surface area contributed by atoms with Gasteiger partial charge in [0.2, 0.25) is 0 Å². The van der Waals surface area contributed by atoms with E-state index in [0.29, 0.717) is 34.9 Å². The first-order valence-electron chi connectivity index (χ1n) is 8.55. The maximum absolute atomic E-state index is 11.5. The second-order valence-corrected chi connectivity index (χ2v) is 8.98. The summed E-state index contributed by atoms with van der Waals surface area (Å²) in [5.74, 6) is 1.20. The van der Waals surface area contributed by atoms with Crippen molar-refractivity contribution in [2.24, 2.45) is 4.99 Å². The van der Waals surface area contributed by atoms with Crippen molar-refractivity contribution in [1.82, 2.24) is 10.6 Å². The molecule has 2 N–H and O–H groups in total. The van der Waals surface area contributed by atoms with Crippen molar-refractivity contribution in [1.29, 1.82) is 0 Å². The summed E-state index contributed by atoms with van der Waals surface area (Å²) in [6, 6.07) is 11.6. The third-order valence-corrected chi connectivity index (χ3v) is 5.61. The molecule has 0 bridgehead atoms. The fraction of sp³-hybridized carbons (Fsp3) is 0.316. The minimum Gasteiger partial charge on any atom is -0.492 e. The van der Waals surface area contributed by atoms with Crippen molar-refractivity contribution >= 4 is 39.0 Å². The number of ether oxygens (including phenoxy) is 1. The summed E-state index contributed by atoms with van der Waals surface area (Å²) in [7, 11) is -1.53. The van der Waals surface area contributed by atoms with Gasteiger partial charge in [-0.25, -0.2) is 8.42 Å². The Morgan fingerprint density at radius 3 is 2.43 bits per heavy atom. The Balaban J connectivity index is 1.82. The van der Waals surface area contributed by atoms with Crippen LogP contribution in [0.2, 0.25) is 10.0 Å². The van der Waals surface area contributed by atoms with Crippen molar-refractivity contribution in [3.8, 4) is 5.75 Å². The van der Waals surface area contributed by atoms with Gasteiger partial charge in [-0.1, -0.05) is 29.3 Å². The first-order chi connectivity index (χ1) is 13.2. The van der Waals surface area contributed by atoms with Crippen LogP contribution in [-0.4, -0.2) is 40.8 Å². The standard InChI is InChI=1S/C19H23Cl2N3O3S/c1-13(17-9-4-14(20)12-18(17)21)24-19(22-2)23-10-11-27-15-5-7-16(8-6-15)28(3,25)26/h4-9,12-13H,10-11H2,1-3H3,(H2,22,23,24). The molecule has 0 heterocycles. The summed E-state index contributed by atoms with van der Waals surface area (Å²) >= 11 is 12.2. The lowest BCUT2D eigenvalue weighted by molar-refractivity contribution is 0.321. The minimum absolute atomic E-state index is 0.0691. The van der Waals surface area contributed by atoms with E-state index >= 15 is 0 Å². The van der Waals surface area contributed by atoms with Crippen LogP contribution in [0.5, 0.6) is 5.75 Å². The summed E-state index contributed by atoms with van der Waals surface area (Å²) in [6.45, 7) is 2.87. The van der Waals surface area contributed by atoms with E-state index in [1.807, 2.05) is 13.0 Å².